The number of rotatable bonds is 3. The Balaban J connectivity index is 3.01. The lowest BCUT2D eigenvalue weighted by atomic mass is 10.0. The number of aliphatic hydroxyl groups is 1. The Hall–Kier alpha value is -0.640. The summed E-state index contributed by atoms with van der Waals surface area (Å²) in [6.07, 6.45) is -0.309. The van der Waals surface area contributed by atoms with E-state index in [0.717, 1.165) is 0 Å². The molecule has 0 aliphatic heterocycles. The summed E-state index contributed by atoms with van der Waals surface area (Å²) in [5.74, 6) is -0.536. The van der Waals surface area contributed by atoms with Crippen molar-refractivity contribution in [3.8, 4) is 0 Å². The first-order valence-corrected chi connectivity index (χ1v) is 4.83. The molecule has 1 aromatic carbocycles. The second-order valence-electron chi connectivity index (χ2n) is 3.16. The minimum absolute atomic E-state index is 0.0519. The largest absolute Gasteiger partial charge is 0.387 e. The van der Waals surface area contributed by atoms with Crippen LogP contribution in [0.5, 0.6) is 0 Å². The summed E-state index contributed by atoms with van der Waals surface area (Å²) < 4.78 is 13.0. The van der Waals surface area contributed by atoms with Crippen LogP contribution < -0.4 is 5.73 Å². The molecule has 2 atom stereocenters. The summed E-state index contributed by atoms with van der Waals surface area (Å²) >= 11 is 5.70. The molecule has 0 aliphatic carbocycles. The van der Waals surface area contributed by atoms with Crippen molar-refractivity contribution in [3.05, 3.63) is 34.6 Å². The molecule has 1 aromatic rings. The third-order valence-corrected chi connectivity index (χ3v) is 2.58. The number of halogens is 2. The third-order valence-electron chi connectivity index (χ3n) is 2.18. The molecule has 0 saturated carbocycles. The van der Waals surface area contributed by atoms with Crippen LogP contribution in [0.25, 0.3) is 0 Å². The SMILES string of the molecule is CCC(N)C(O)c1cccc(F)c1Cl. The summed E-state index contributed by atoms with van der Waals surface area (Å²) in [5.41, 5.74) is 5.98. The first kappa shape index (κ1) is 11.4. The number of hydrogen-bond acceptors (Lipinski definition) is 2. The molecule has 0 aliphatic rings. The van der Waals surface area contributed by atoms with Gasteiger partial charge in [0.15, 0.2) is 0 Å². The minimum Gasteiger partial charge on any atom is -0.387 e. The molecule has 4 heteroatoms. The van der Waals surface area contributed by atoms with E-state index in [9.17, 15) is 9.50 Å². The number of aliphatic hydroxyl groups excluding tert-OH is 1. The van der Waals surface area contributed by atoms with Gasteiger partial charge < -0.3 is 10.8 Å². The van der Waals surface area contributed by atoms with Crippen LogP contribution in [0, 0.1) is 5.82 Å². The Morgan fingerprint density at radius 3 is 2.79 bits per heavy atom. The first-order valence-electron chi connectivity index (χ1n) is 4.45. The van der Waals surface area contributed by atoms with Gasteiger partial charge in [-0.15, -0.1) is 0 Å². The molecule has 14 heavy (non-hydrogen) atoms. The zero-order valence-electron chi connectivity index (χ0n) is 7.87. The van der Waals surface area contributed by atoms with E-state index in [-0.39, 0.29) is 5.02 Å². The fraction of sp³-hybridized carbons (Fsp3) is 0.400. The van der Waals surface area contributed by atoms with Crippen LogP contribution in [0.3, 0.4) is 0 Å². The zero-order valence-corrected chi connectivity index (χ0v) is 8.63. The van der Waals surface area contributed by atoms with Gasteiger partial charge in [-0.05, 0) is 12.5 Å². The number of hydrogen-bond donors (Lipinski definition) is 2. The van der Waals surface area contributed by atoms with Crippen molar-refractivity contribution in [1.82, 2.24) is 0 Å². The maximum atomic E-state index is 13.0. The van der Waals surface area contributed by atoms with Gasteiger partial charge >= 0.3 is 0 Å². The summed E-state index contributed by atoms with van der Waals surface area (Å²) in [7, 11) is 0. The molecule has 0 amide bonds. The summed E-state index contributed by atoms with van der Waals surface area (Å²) in [4.78, 5) is 0. The Morgan fingerprint density at radius 1 is 1.57 bits per heavy atom. The smallest absolute Gasteiger partial charge is 0.142 e. The van der Waals surface area contributed by atoms with Gasteiger partial charge in [0.25, 0.3) is 0 Å². The zero-order chi connectivity index (χ0) is 10.7. The van der Waals surface area contributed by atoms with Crippen LogP contribution in [0.15, 0.2) is 18.2 Å². The lowest BCUT2D eigenvalue weighted by molar-refractivity contribution is 0.144. The predicted molar refractivity (Wildman–Crippen MR) is 54.6 cm³/mol. The summed E-state index contributed by atoms with van der Waals surface area (Å²) in [6, 6.07) is 3.90. The van der Waals surface area contributed by atoms with Gasteiger partial charge in [-0.25, -0.2) is 4.39 Å². The molecule has 0 spiro atoms. The van der Waals surface area contributed by atoms with Gasteiger partial charge in [0, 0.05) is 11.6 Å². The standard InChI is InChI=1S/C10H13ClFNO/c1-2-8(13)10(14)6-4-3-5-7(12)9(6)11/h3-5,8,10,14H,2,13H2,1H3. The van der Waals surface area contributed by atoms with E-state index in [1.165, 1.54) is 12.1 Å². The monoisotopic (exact) mass is 217 g/mol. The topological polar surface area (TPSA) is 46.2 Å². The second-order valence-corrected chi connectivity index (χ2v) is 3.54. The van der Waals surface area contributed by atoms with Crippen molar-refractivity contribution in [2.45, 2.75) is 25.5 Å². The third kappa shape index (κ3) is 2.23. The molecule has 2 unspecified atom stereocenters. The van der Waals surface area contributed by atoms with Crippen molar-refractivity contribution >= 4 is 11.6 Å². The molecule has 78 valence electrons. The normalized spacial score (nSPS) is 15.2. The van der Waals surface area contributed by atoms with Gasteiger partial charge in [-0.1, -0.05) is 30.7 Å². The van der Waals surface area contributed by atoms with E-state index in [4.69, 9.17) is 17.3 Å². The first-order chi connectivity index (χ1) is 6.57. The quantitative estimate of drug-likeness (QED) is 0.816. The van der Waals surface area contributed by atoms with E-state index in [2.05, 4.69) is 0 Å². The Kier molecular flexibility index (Phi) is 3.86. The lowest BCUT2D eigenvalue weighted by Gasteiger charge is -2.18. The minimum atomic E-state index is -0.914. The molecule has 0 heterocycles. The van der Waals surface area contributed by atoms with Crippen molar-refractivity contribution in [1.29, 1.82) is 0 Å². The molecule has 3 N–H and O–H groups in total. The van der Waals surface area contributed by atoms with E-state index >= 15 is 0 Å². The fourth-order valence-electron chi connectivity index (χ4n) is 1.20. The van der Waals surface area contributed by atoms with Crippen molar-refractivity contribution in [3.63, 3.8) is 0 Å². The lowest BCUT2D eigenvalue weighted by Crippen LogP contribution is -2.27. The maximum absolute atomic E-state index is 13.0. The van der Waals surface area contributed by atoms with Crippen LogP contribution in [0.4, 0.5) is 4.39 Å². The molecule has 1 rings (SSSR count). The maximum Gasteiger partial charge on any atom is 0.142 e. The highest BCUT2D eigenvalue weighted by Crippen LogP contribution is 2.27. The van der Waals surface area contributed by atoms with Gasteiger partial charge in [0.05, 0.1) is 11.1 Å². The molecule has 0 fully saturated rings. The molecule has 0 radical (unpaired) electrons. The molecule has 0 bridgehead atoms. The average Bonchev–Trinajstić information content (AvgIpc) is 2.20. The molecular formula is C10H13ClFNO. The van der Waals surface area contributed by atoms with Gasteiger partial charge in [0.1, 0.15) is 5.82 Å². The number of benzene rings is 1. The molecular weight excluding hydrogens is 205 g/mol. The van der Waals surface area contributed by atoms with Crippen LogP contribution in [-0.4, -0.2) is 11.1 Å². The van der Waals surface area contributed by atoms with E-state index in [0.29, 0.717) is 12.0 Å². The highest BCUT2D eigenvalue weighted by atomic mass is 35.5. The summed E-state index contributed by atoms with van der Waals surface area (Å²) in [6.45, 7) is 1.85. The molecule has 0 saturated heterocycles. The van der Waals surface area contributed by atoms with Crippen molar-refractivity contribution < 1.29 is 9.50 Å². The van der Waals surface area contributed by atoms with Crippen molar-refractivity contribution in [2.75, 3.05) is 0 Å². The van der Waals surface area contributed by atoms with Crippen molar-refractivity contribution in [2.24, 2.45) is 5.73 Å². The fourth-order valence-corrected chi connectivity index (χ4v) is 1.44. The Labute approximate surface area is 87.5 Å². The Morgan fingerprint density at radius 2 is 2.21 bits per heavy atom. The molecule has 0 aromatic heterocycles. The van der Waals surface area contributed by atoms with Crippen LogP contribution >= 0.6 is 11.6 Å². The Bertz CT molecular complexity index is 319. The highest BCUT2D eigenvalue weighted by molar-refractivity contribution is 6.31. The van der Waals surface area contributed by atoms with Gasteiger partial charge in [0.2, 0.25) is 0 Å². The van der Waals surface area contributed by atoms with E-state index in [1.807, 2.05) is 6.92 Å². The van der Waals surface area contributed by atoms with Gasteiger partial charge in [-0.2, -0.15) is 0 Å². The van der Waals surface area contributed by atoms with Crippen LogP contribution in [0.2, 0.25) is 5.02 Å². The van der Waals surface area contributed by atoms with E-state index in [1.54, 1.807) is 6.07 Å². The van der Waals surface area contributed by atoms with Crippen LogP contribution in [0.1, 0.15) is 25.0 Å². The van der Waals surface area contributed by atoms with Crippen LogP contribution in [-0.2, 0) is 0 Å². The predicted octanol–water partition coefficient (Wildman–Crippen LogP) is 2.25. The molecule has 2 nitrogen and oxygen atoms in total. The summed E-state index contributed by atoms with van der Waals surface area (Å²) in [5, 5.41) is 9.67. The highest BCUT2D eigenvalue weighted by Gasteiger charge is 2.19. The van der Waals surface area contributed by atoms with E-state index < -0.39 is 18.0 Å². The second kappa shape index (κ2) is 4.73. The number of nitrogens with two attached hydrogens (primary N) is 1. The average molecular weight is 218 g/mol. The van der Waals surface area contributed by atoms with Gasteiger partial charge in [-0.3, -0.25) is 0 Å².